The molecule has 2 aliphatic rings. The first-order valence-electron chi connectivity index (χ1n) is 9.75. The predicted octanol–water partition coefficient (Wildman–Crippen LogP) is 7.83. The molecule has 0 saturated heterocycles. The molecule has 3 aromatic rings. The minimum Gasteiger partial charge on any atom is -0.112 e. The maximum atomic E-state index is 6.10. The second-order valence-corrected chi connectivity index (χ2v) is 9.32. The fourth-order valence-electron chi connectivity index (χ4n) is 4.07. The molecule has 0 amide bonds. The van der Waals surface area contributed by atoms with Gasteiger partial charge in [-0.25, -0.2) is 0 Å². The molecule has 0 saturated carbocycles. The van der Waals surface area contributed by atoms with Crippen molar-refractivity contribution in [3.63, 3.8) is 0 Å². The van der Waals surface area contributed by atoms with Gasteiger partial charge in [0.15, 0.2) is 0 Å². The Kier molecular flexibility index (Phi) is 5.17. The van der Waals surface area contributed by atoms with E-state index in [1.54, 1.807) is 0 Å². The molecule has 1 aliphatic carbocycles. The van der Waals surface area contributed by atoms with Crippen LogP contribution in [0.15, 0.2) is 96.1 Å². The second kappa shape index (κ2) is 7.95. The molecule has 1 unspecified atom stereocenters. The predicted molar refractivity (Wildman–Crippen MR) is 130 cm³/mol. The van der Waals surface area contributed by atoms with Gasteiger partial charge in [-0.05, 0) is 58.4 Å². The van der Waals surface area contributed by atoms with Gasteiger partial charge in [0.2, 0.25) is 0 Å². The van der Waals surface area contributed by atoms with Gasteiger partial charge >= 0.3 is 0 Å². The van der Waals surface area contributed by atoms with Crippen molar-refractivity contribution in [2.24, 2.45) is 0 Å². The summed E-state index contributed by atoms with van der Waals surface area (Å²) in [6.07, 6.45) is 4.51. The van der Waals surface area contributed by atoms with E-state index in [1.807, 2.05) is 36.0 Å². The van der Waals surface area contributed by atoms with Gasteiger partial charge in [0.25, 0.3) is 0 Å². The monoisotopic (exact) mass is 430 g/mol. The van der Waals surface area contributed by atoms with Gasteiger partial charge in [-0.15, -0.1) is 11.8 Å². The number of allylic oxidation sites excluding steroid dienone is 2. The number of fused-ring (bicyclic) bond motifs is 2. The van der Waals surface area contributed by atoms with Crippen LogP contribution in [0.5, 0.6) is 0 Å². The lowest BCUT2D eigenvalue weighted by Gasteiger charge is -2.32. The van der Waals surface area contributed by atoms with E-state index in [-0.39, 0.29) is 5.25 Å². The number of hydrogen-bond acceptors (Lipinski definition) is 2. The Balaban J connectivity index is 1.63. The van der Waals surface area contributed by atoms with Crippen LogP contribution in [0, 0.1) is 0 Å². The van der Waals surface area contributed by atoms with Crippen molar-refractivity contribution in [1.29, 1.82) is 0 Å². The van der Waals surface area contributed by atoms with E-state index in [0.717, 1.165) is 28.3 Å². The van der Waals surface area contributed by atoms with Crippen molar-refractivity contribution in [3.8, 4) is 0 Å². The molecule has 0 nitrogen and oxygen atoms in total. The standard InChI is InChI=1S/C26H19ClS2/c27-21-14-12-18(13-15-21)24(28)23-16-20-11-10-17-6-4-5-9-22(17)26(20)29-25(23)19-7-2-1-3-8-19/h1-9,12-16,25H,10-11H2. The second-order valence-electron chi connectivity index (χ2n) is 7.36. The Morgan fingerprint density at radius 1 is 0.862 bits per heavy atom. The Labute approximate surface area is 186 Å². The van der Waals surface area contributed by atoms with Crippen LogP contribution in [0.2, 0.25) is 5.02 Å². The Bertz CT molecular complexity index is 1140. The van der Waals surface area contributed by atoms with E-state index >= 15 is 0 Å². The van der Waals surface area contributed by atoms with Crippen molar-refractivity contribution < 1.29 is 0 Å². The summed E-state index contributed by atoms with van der Waals surface area (Å²) in [6, 6.07) is 27.4. The highest BCUT2D eigenvalue weighted by atomic mass is 35.5. The molecule has 5 rings (SSSR count). The summed E-state index contributed by atoms with van der Waals surface area (Å²) in [5, 5.41) is 0.918. The van der Waals surface area contributed by atoms with Crippen molar-refractivity contribution in [2.75, 3.05) is 0 Å². The third-order valence-corrected chi connectivity index (χ3v) is 7.74. The van der Waals surface area contributed by atoms with Gasteiger partial charge in [0.05, 0.1) is 5.25 Å². The van der Waals surface area contributed by atoms with Crippen molar-refractivity contribution in [1.82, 2.24) is 0 Å². The molecule has 1 aliphatic heterocycles. The molecule has 29 heavy (non-hydrogen) atoms. The Morgan fingerprint density at radius 2 is 1.59 bits per heavy atom. The summed E-state index contributed by atoms with van der Waals surface area (Å²) >= 11 is 14.0. The summed E-state index contributed by atoms with van der Waals surface area (Å²) in [6.45, 7) is 0. The summed E-state index contributed by atoms with van der Waals surface area (Å²) < 4.78 is 0. The zero-order valence-corrected chi connectivity index (χ0v) is 18.2. The Morgan fingerprint density at radius 3 is 2.38 bits per heavy atom. The number of benzene rings is 3. The maximum Gasteiger partial charge on any atom is 0.0608 e. The minimum absolute atomic E-state index is 0.185. The van der Waals surface area contributed by atoms with Crippen LogP contribution >= 0.6 is 35.6 Å². The van der Waals surface area contributed by atoms with Gasteiger partial charge < -0.3 is 0 Å². The van der Waals surface area contributed by atoms with Crippen LogP contribution in [0.25, 0.3) is 4.91 Å². The molecular weight excluding hydrogens is 412 g/mol. The lowest BCUT2D eigenvalue weighted by molar-refractivity contribution is 0.941. The lowest BCUT2D eigenvalue weighted by Crippen LogP contribution is -2.15. The molecule has 0 spiro atoms. The highest BCUT2D eigenvalue weighted by Crippen LogP contribution is 2.53. The quantitative estimate of drug-likeness (QED) is 0.306. The zero-order chi connectivity index (χ0) is 19.8. The summed E-state index contributed by atoms with van der Waals surface area (Å²) in [5.74, 6) is 0. The van der Waals surface area contributed by atoms with E-state index in [4.69, 9.17) is 23.8 Å². The summed E-state index contributed by atoms with van der Waals surface area (Å²) in [5.41, 5.74) is 7.80. The van der Waals surface area contributed by atoms with Crippen LogP contribution < -0.4 is 0 Å². The molecule has 3 aromatic carbocycles. The molecule has 0 aromatic heterocycles. The highest BCUT2D eigenvalue weighted by Gasteiger charge is 2.31. The van der Waals surface area contributed by atoms with Crippen LogP contribution in [0.1, 0.15) is 33.9 Å². The fraction of sp³-hybridized carbons (Fsp3) is 0.115. The highest BCUT2D eigenvalue weighted by molar-refractivity contribution is 8.08. The van der Waals surface area contributed by atoms with E-state index in [0.29, 0.717) is 0 Å². The number of rotatable bonds is 3. The number of thioether (sulfide) groups is 1. The van der Waals surface area contributed by atoms with Gasteiger partial charge in [-0.3, -0.25) is 0 Å². The third kappa shape index (κ3) is 3.61. The average molecular weight is 431 g/mol. The first kappa shape index (κ1) is 18.9. The zero-order valence-electron chi connectivity index (χ0n) is 15.8. The van der Waals surface area contributed by atoms with Crippen molar-refractivity contribution in [3.05, 3.63) is 123 Å². The summed E-state index contributed by atoms with van der Waals surface area (Å²) in [7, 11) is 0. The molecular formula is C26H19ClS2. The van der Waals surface area contributed by atoms with Crippen molar-refractivity contribution in [2.45, 2.75) is 18.1 Å². The van der Waals surface area contributed by atoms with Gasteiger partial charge in [0.1, 0.15) is 0 Å². The van der Waals surface area contributed by atoms with Gasteiger partial charge in [-0.1, -0.05) is 96.6 Å². The molecule has 0 N–H and O–H groups in total. The fourth-order valence-corrected chi connectivity index (χ4v) is 6.06. The van der Waals surface area contributed by atoms with E-state index in [1.165, 1.54) is 32.7 Å². The van der Waals surface area contributed by atoms with E-state index in [2.05, 4.69) is 60.7 Å². The van der Waals surface area contributed by atoms with Crippen LogP contribution in [-0.4, -0.2) is 4.86 Å². The number of hydrogen-bond donors (Lipinski definition) is 0. The molecule has 0 bridgehead atoms. The van der Waals surface area contributed by atoms with E-state index in [9.17, 15) is 0 Å². The number of halogens is 1. The molecule has 1 heterocycles. The topological polar surface area (TPSA) is 0 Å². The first-order chi connectivity index (χ1) is 14.2. The maximum absolute atomic E-state index is 6.10. The third-order valence-electron chi connectivity index (χ3n) is 5.54. The smallest absolute Gasteiger partial charge is 0.0608 e. The SMILES string of the molecule is S=C(C1=CC2=C(SC1c1ccccc1)c1ccccc1CC2)c1ccc(Cl)cc1. The van der Waals surface area contributed by atoms with Gasteiger partial charge in [-0.2, -0.15) is 0 Å². The lowest BCUT2D eigenvalue weighted by atomic mass is 9.88. The normalized spacial score (nSPS) is 18.0. The first-order valence-corrected chi connectivity index (χ1v) is 11.4. The largest absolute Gasteiger partial charge is 0.112 e. The number of thiocarbonyl (C=S) groups is 1. The Hall–Kier alpha value is -2.13. The van der Waals surface area contributed by atoms with Crippen molar-refractivity contribution >= 4 is 45.4 Å². The number of aryl methyl sites for hydroxylation is 1. The summed E-state index contributed by atoms with van der Waals surface area (Å²) in [4.78, 5) is 2.32. The average Bonchev–Trinajstić information content (AvgIpc) is 2.78. The van der Waals surface area contributed by atoms with Gasteiger partial charge in [0, 0.05) is 14.8 Å². The molecule has 142 valence electrons. The van der Waals surface area contributed by atoms with Crippen LogP contribution in [0.4, 0.5) is 0 Å². The minimum atomic E-state index is 0.185. The molecule has 1 atom stereocenters. The van der Waals surface area contributed by atoms with Crippen LogP contribution in [-0.2, 0) is 6.42 Å². The van der Waals surface area contributed by atoms with Crippen LogP contribution in [0.3, 0.4) is 0 Å². The molecule has 0 radical (unpaired) electrons. The van der Waals surface area contributed by atoms with E-state index < -0.39 is 0 Å². The molecule has 3 heteroatoms. The molecule has 0 fully saturated rings.